The van der Waals surface area contributed by atoms with Crippen molar-refractivity contribution in [3.63, 3.8) is 0 Å². The molecular weight excluding hydrogens is 276 g/mol. The van der Waals surface area contributed by atoms with Crippen molar-refractivity contribution < 1.29 is 8.42 Å². The molecule has 0 saturated carbocycles. The van der Waals surface area contributed by atoms with Crippen molar-refractivity contribution in [2.24, 2.45) is 5.92 Å². The highest BCUT2D eigenvalue weighted by atomic mass is 32.2. The average molecular weight is 294 g/mol. The number of H-pyrrole nitrogens is 1. The molecule has 0 amide bonds. The second-order valence-electron chi connectivity index (χ2n) is 5.12. The summed E-state index contributed by atoms with van der Waals surface area (Å²) < 4.78 is 27.1. The van der Waals surface area contributed by atoms with Crippen molar-refractivity contribution >= 4 is 21.1 Å². The van der Waals surface area contributed by atoms with Crippen LogP contribution in [0.25, 0.3) is 11.0 Å². The number of hydrogen-bond donors (Lipinski definition) is 3. The topological polar surface area (TPSA) is 86.9 Å². The predicted octanol–water partition coefficient (Wildman–Crippen LogP) is 0.841. The van der Waals surface area contributed by atoms with Gasteiger partial charge in [0.05, 0.1) is 11.0 Å². The highest BCUT2D eigenvalue weighted by Gasteiger charge is 2.21. The summed E-state index contributed by atoms with van der Waals surface area (Å²) in [6.07, 6.45) is 2.15. The Morgan fingerprint density at radius 3 is 2.95 bits per heavy atom. The van der Waals surface area contributed by atoms with Crippen LogP contribution in [-0.2, 0) is 10.0 Å². The SMILES string of the molecule is O=S(=O)(NCC1CCCNC1)c1nc2ccccc2[nH]1. The number of para-hydroxylation sites is 2. The molecule has 1 saturated heterocycles. The highest BCUT2D eigenvalue weighted by molar-refractivity contribution is 7.89. The quantitative estimate of drug-likeness (QED) is 0.780. The predicted molar refractivity (Wildman–Crippen MR) is 76.9 cm³/mol. The Morgan fingerprint density at radius 2 is 2.20 bits per heavy atom. The summed E-state index contributed by atoms with van der Waals surface area (Å²) in [6.45, 7) is 2.34. The van der Waals surface area contributed by atoms with Crippen LogP contribution in [0.1, 0.15) is 12.8 Å². The van der Waals surface area contributed by atoms with Gasteiger partial charge in [-0.15, -0.1) is 0 Å². The molecule has 108 valence electrons. The van der Waals surface area contributed by atoms with E-state index in [0.717, 1.165) is 31.4 Å². The van der Waals surface area contributed by atoms with Gasteiger partial charge in [0.1, 0.15) is 0 Å². The number of rotatable bonds is 4. The number of nitrogens with one attached hydrogen (secondary N) is 3. The maximum absolute atomic E-state index is 12.2. The third kappa shape index (κ3) is 2.84. The van der Waals surface area contributed by atoms with Gasteiger partial charge >= 0.3 is 0 Å². The third-order valence-corrected chi connectivity index (χ3v) is 4.83. The third-order valence-electron chi connectivity index (χ3n) is 3.58. The number of benzene rings is 1. The van der Waals surface area contributed by atoms with Gasteiger partial charge in [-0.25, -0.2) is 18.1 Å². The molecule has 3 rings (SSSR count). The Balaban J connectivity index is 1.73. The summed E-state index contributed by atoms with van der Waals surface area (Å²) in [5.74, 6) is 0.350. The zero-order chi connectivity index (χ0) is 14.0. The van der Waals surface area contributed by atoms with E-state index in [1.54, 1.807) is 6.07 Å². The zero-order valence-corrected chi connectivity index (χ0v) is 11.9. The van der Waals surface area contributed by atoms with E-state index in [-0.39, 0.29) is 5.16 Å². The lowest BCUT2D eigenvalue weighted by Gasteiger charge is -2.22. The minimum absolute atomic E-state index is 0.0116. The van der Waals surface area contributed by atoms with E-state index in [4.69, 9.17) is 0 Å². The molecule has 1 aliphatic heterocycles. The monoisotopic (exact) mass is 294 g/mol. The lowest BCUT2D eigenvalue weighted by Crippen LogP contribution is -2.38. The minimum atomic E-state index is -3.57. The molecule has 1 aromatic heterocycles. The maximum atomic E-state index is 12.2. The van der Waals surface area contributed by atoms with Crippen LogP contribution in [-0.4, -0.2) is 38.0 Å². The summed E-state index contributed by atoms with van der Waals surface area (Å²) in [6, 6.07) is 7.28. The van der Waals surface area contributed by atoms with Gasteiger partial charge in [0.25, 0.3) is 10.0 Å². The Kier molecular flexibility index (Phi) is 3.73. The molecule has 1 fully saturated rings. The smallest absolute Gasteiger partial charge is 0.274 e. The molecule has 1 aromatic carbocycles. The highest BCUT2D eigenvalue weighted by Crippen LogP contribution is 2.14. The summed E-state index contributed by atoms with van der Waals surface area (Å²) in [7, 11) is -3.57. The van der Waals surface area contributed by atoms with Crippen LogP contribution in [0.2, 0.25) is 0 Å². The van der Waals surface area contributed by atoms with Crippen molar-refractivity contribution in [3.8, 4) is 0 Å². The normalized spacial score (nSPS) is 20.3. The number of imidazole rings is 1. The van der Waals surface area contributed by atoms with Crippen LogP contribution in [0.4, 0.5) is 0 Å². The van der Waals surface area contributed by atoms with Crippen molar-refractivity contribution in [1.82, 2.24) is 20.0 Å². The summed E-state index contributed by atoms with van der Waals surface area (Å²) in [5, 5.41) is 3.26. The molecule has 1 unspecified atom stereocenters. The van der Waals surface area contributed by atoms with Crippen LogP contribution in [0.3, 0.4) is 0 Å². The van der Waals surface area contributed by atoms with Crippen molar-refractivity contribution in [2.75, 3.05) is 19.6 Å². The zero-order valence-electron chi connectivity index (χ0n) is 11.1. The molecule has 20 heavy (non-hydrogen) atoms. The molecule has 0 spiro atoms. The van der Waals surface area contributed by atoms with E-state index in [1.807, 2.05) is 18.2 Å². The molecule has 0 aliphatic carbocycles. The first-order chi connectivity index (χ1) is 9.65. The maximum Gasteiger partial charge on any atom is 0.274 e. The van der Waals surface area contributed by atoms with Crippen molar-refractivity contribution in [1.29, 1.82) is 0 Å². The number of aromatic nitrogens is 2. The van der Waals surface area contributed by atoms with E-state index in [2.05, 4.69) is 20.0 Å². The molecule has 2 aromatic rings. The summed E-state index contributed by atoms with van der Waals surface area (Å²) in [4.78, 5) is 6.97. The number of sulfonamides is 1. The first kappa shape index (κ1) is 13.5. The van der Waals surface area contributed by atoms with Crippen LogP contribution >= 0.6 is 0 Å². The van der Waals surface area contributed by atoms with Crippen LogP contribution in [0, 0.1) is 5.92 Å². The number of hydrogen-bond acceptors (Lipinski definition) is 4. The largest absolute Gasteiger partial charge is 0.328 e. The fraction of sp³-hybridized carbons (Fsp3) is 0.462. The second-order valence-corrected chi connectivity index (χ2v) is 6.81. The van der Waals surface area contributed by atoms with Crippen molar-refractivity contribution in [3.05, 3.63) is 24.3 Å². The molecule has 0 radical (unpaired) electrons. The van der Waals surface area contributed by atoms with Crippen LogP contribution in [0.5, 0.6) is 0 Å². The van der Waals surface area contributed by atoms with Gasteiger partial charge in [0.2, 0.25) is 5.16 Å². The Bertz CT molecular complexity index is 656. The van der Waals surface area contributed by atoms with Crippen molar-refractivity contribution in [2.45, 2.75) is 18.0 Å². The van der Waals surface area contributed by atoms with E-state index in [0.29, 0.717) is 18.0 Å². The van der Waals surface area contributed by atoms with Gasteiger partial charge in [-0.05, 0) is 44.0 Å². The number of fused-ring (bicyclic) bond motifs is 1. The molecule has 7 heteroatoms. The fourth-order valence-electron chi connectivity index (χ4n) is 2.45. The molecule has 0 bridgehead atoms. The molecule has 1 aliphatic rings. The Labute approximate surface area is 118 Å². The first-order valence-electron chi connectivity index (χ1n) is 6.80. The standard InChI is InChI=1S/C13H18N4O2S/c18-20(19,15-9-10-4-3-7-14-8-10)13-16-11-5-1-2-6-12(11)17-13/h1-2,5-6,10,14-15H,3-4,7-9H2,(H,16,17). The summed E-state index contributed by atoms with van der Waals surface area (Å²) in [5.41, 5.74) is 1.39. The molecular formula is C13H18N4O2S. The van der Waals surface area contributed by atoms with Crippen LogP contribution < -0.4 is 10.0 Å². The Morgan fingerprint density at radius 1 is 1.35 bits per heavy atom. The molecule has 2 heterocycles. The van der Waals surface area contributed by atoms with Gasteiger partial charge in [-0.1, -0.05) is 12.1 Å². The van der Waals surface area contributed by atoms with Gasteiger partial charge in [0, 0.05) is 6.54 Å². The van der Waals surface area contributed by atoms with E-state index in [9.17, 15) is 8.42 Å². The lowest BCUT2D eigenvalue weighted by atomic mass is 10.0. The number of nitrogens with zero attached hydrogens (tertiary/aromatic N) is 1. The molecule has 6 nitrogen and oxygen atoms in total. The molecule has 1 atom stereocenters. The van der Waals surface area contributed by atoms with Gasteiger partial charge < -0.3 is 10.3 Å². The first-order valence-corrected chi connectivity index (χ1v) is 8.28. The molecule has 3 N–H and O–H groups in total. The van der Waals surface area contributed by atoms with E-state index in [1.165, 1.54) is 0 Å². The second kappa shape index (κ2) is 5.51. The fourth-order valence-corrected chi connectivity index (χ4v) is 3.51. The van der Waals surface area contributed by atoms with Gasteiger partial charge in [0.15, 0.2) is 0 Å². The van der Waals surface area contributed by atoms with Crippen LogP contribution in [0.15, 0.2) is 29.4 Å². The lowest BCUT2D eigenvalue weighted by molar-refractivity contribution is 0.375. The summed E-state index contributed by atoms with van der Waals surface area (Å²) >= 11 is 0. The van der Waals surface area contributed by atoms with Gasteiger partial charge in [-0.2, -0.15) is 0 Å². The minimum Gasteiger partial charge on any atom is -0.328 e. The Hall–Kier alpha value is -1.44. The van der Waals surface area contributed by atoms with Gasteiger partial charge in [-0.3, -0.25) is 0 Å². The van der Waals surface area contributed by atoms with E-state index >= 15 is 0 Å². The average Bonchev–Trinajstić information content (AvgIpc) is 2.91. The number of aromatic amines is 1. The number of piperidine rings is 1. The van der Waals surface area contributed by atoms with E-state index < -0.39 is 10.0 Å².